The van der Waals surface area contributed by atoms with Crippen LogP contribution in [0.1, 0.15) is 11.6 Å². The number of nitrogens with two attached hydrogens (primary N) is 1. The second kappa shape index (κ2) is 8.69. The van der Waals surface area contributed by atoms with Crippen LogP contribution in [-0.2, 0) is 4.79 Å². The quantitative estimate of drug-likeness (QED) is 0.814. The van der Waals surface area contributed by atoms with E-state index in [1.165, 1.54) is 0 Å². The molecular weight excluding hydrogens is 306 g/mol. The minimum absolute atomic E-state index is 0.410. The van der Waals surface area contributed by atoms with E-state index in [0.717, 1.165) is 11.3 Å². The van der Waals surface area contributed by atoms with Crippen LogP contribution in [0.4, 0.5) is 4.79 Å². The predicted molar refractivity (Wildman–Crippen MR) is 91.5 cm³/mol. The van der Waals surface area contributed by atoms with E-state index >= 15 is 0 Å². The number of benzene rings is 2. The lowest BCUT2D eigenvalue weighted by Gasteiger charge is -2.27. The SMILES string of the molecule is CN(CCOc1ccccc1)[C@H](C(=O)NC(N)=O)c1ccccc1. The third kappa shape index (κ3) is 5.10. The summed E-state index contributed by atoms with van der Waals surface area (Å²) in [5.74, 6) is 0.305. The summed E-state index contributed by atoms with van der Waals surface area (Å²) >= 11 is 0. The fourth-order valence-corrected chi connectivity index (χ4v) is 2.38. The molecule has 2 aromatic rings. The van der Waals surface area contributed by atoms with Crippen LogP contribution in [0.3, 0.4) is 0 Å². The number of hydrogen-bond donors (Lipinski definition) is 2. The highest BCUT2D eigenvalue weighted by atomic mass is 16.5. The molecule has 0 bridgehead atoms. The topological polar surface area (TPSA) is 84.7 Å². The molecule has 126 valence electrons. The first-order chi connectivity index (χ1) is 11.6. The molecule has 0 saturated heterocycles. The van der Waals surface area contributed by atoms with E-state index in [1.807, 2.05) is 65.6 Å². The van der Waals surface area contributed by atoms with Crippen molar-refractivity contribution in [2.24, 2.45) is 5.73 Å². The molecule has 3 amide bonds. The fraction of sp³-hybridized carbons (Fsp3) is 0.222. The van der Waals surface area contributed by atoms with Crippen molar-refractivity contribution in [1.82, 2.24) is 10.2 Å². The summed E-state index contributed by atoms with van der Waals surface area (Å²) in [6, 6.07) is 17.2. The number of nitrogens with one attached hydrogen (secondary N) is 1. The van der Waals surface area contributed by atoms with E-state index in [0.29, 0.717) is 13.2 Å². The molecule has 0 radical (unpaired) electrons. The molecule has 24 heavy (non-hydrogen) atoms. The number of urea groups is 1. The van der Waals surface area contributed by atoms with Crippen LogP contribution < -0.4 is 15.8 Å². The van der Waals surface area contributed by atoms with Crippen LogP contribution in [-0.4, -0.2) is 37.0 Å². The van der Waals surface area contributed by atoms with Gasteiger partial charge in [-0.25, -0.2) is 4.79 Å². The van der Waals surface area contributed by atoms with Crippen molar-refractivity contribution in [3.8, 4) is 5.75 Å². The van der Waals surface area contributed by atoms with Gasteiger partial charge in [0.25, 0.3) is 0 Å². The third-order valence-electron chi connectivity index (χ3n) is 3.51. The summed E-state index contributed by atoms with van der Waals surface area (Å²) in [4.78, 5) is 25.2. The standard InChI is InChI=1S/C18H21N3O3/c1-21(12-13-24-15-10-6-3-7-11-15)16(17(22)20-18(19)23)14-8-4-2-5-9-14/h2-11,16H,12-13H2,1H3,(H3,19,20,22,23)/t16-/m0/s1. The second-order valence-electron chi connectivity index (χ2n) is 5.31. The number of likely N-dealkylation sites (N-methyl/N-ethyl adjacent to an activating group) is 1. The first kappa shape index (κ1) is 17.5. The lowest BCUT2D eigenvalue weighted by molar-refractivity contribution is -0.125. The Labute approximate surface area is 141 Å². The highest BCUT2D eigenvalue weighted by molar-refractivity contribution is 5.96. The van der Waals surface area contributed by atoms with Crippen molar-refractivity contribution >= 4 is 11.9 Å². The maximum atomic E-state index is 12.3. The Morgan fingerprint density at radius 3 is 2.25 bits per heavy atom. The van der Waals surface area contributed by atoms with Crippen LogP contribution in [0.25, 0.3) is 0 Å². The molecule has 2 aromatic carbocycles. The second-order valence-corrected chi connectivity index (χ2v) is 5.31. The molecule has 0 saturated carbocycles. The maximum Gasteiger partial charge on any atom is 0.318 e. The number of amides is 3. The Morgan fingerprint density at radius 2 is 1.67 bits per heavy atom. The largest absolute Gasteiger partial charge is 0.492 e. The monoisotopic (exact) mass is 327 g/mol. The van der Waals surface area contributed by atoms with Gasteiger partial charge in [0.2, 0.25) is 5.91 Å². The average molecular weight is 327 g/mol. The average Bonchev–Trinajstić information content (AvgIpc) is 2.56. The van der Waals surface area contributed by atoms with Gasteiger partial charge < -0.3 is 10.5 Å². The first-order valence-corrected chi connectivity index (χ1v) is 7.61. The van der Waals surface area contributed by atoms with Gasteiger partial charge in [0.15, 0.2) is 0 Å². The van der Waals surface area contributed by atoms with Gasteiger partial charge in [-0.1, -0.05) is 48.5 Å². The lowest BCUT2D eigenvalue weighted by Crippen LogP contribution is -2.44. The highest BCUT2D eigenvalue weighted by Crippen LogP contribution is 2.19. The number of rotatable bonds is 7. The number of imide groups is 1. The number of para-hydroxylation sites is 1. The molecule has 0 aromatic heterocycles. The van der Waals surface area contributed by atoms with Crippen molar-refractivity contribution in [2.45, 2.75) is 6.04 Å². The number of ether oxygens (including phenoxy) is 1. The van der Waals surface area contributed by atoms with E-state index < -0.39 is 18.0 Å². The highest BCUT2D eigenvalue weighted by Gasteiger charge is 2.25. The van der Waals surface area contributed by atoms with Gasteiger partial charge in [0.05, 0.1) is 0 Å². The van der Waals surface area contributed by atoms with Crippen LogP contribution in [0.5, 0.6) is 5.75 Å². The van der Waals surface area contributed by atoms with E-state index in [-0.39, 0.29) is 0 Å². The molecule has 0 unspecified atom stereocenters. The smallest absolute Gasteiger partial charge is 0.318 e. The Balaban J connectivity index is 2.02. The molecule has 0 fully saturated rings. The van der Waals surface area contributed by atoms with E-state index in [2.05, 4.69) is 5.32 Å². The molecule has 0 aliphatic heterocycles. The Kier molecular flexibility index (Phi) is 6.33. The van der Waals surface area contributed by atoms with Gasteiger partial charge in [-0.2, -0.15) is 0 Å². The molecule has 6 nitrogen and oxygen atoms in total. The Bertz CT molecular complexity index is 662. The van der Waals surface area contributed by atoms with Crippen molar-refractivity contribution in [3.63, 3.8) is 0 Å². The van der Waals surface area contributed by atoms with E-state index in [4.69, 9.17) is 10.5 Å². The first-order valence-electron chi connectivity index (χ1n) is 7.61. The summed E-state index contributed by atoms with van der Waals surface area (Å²) in [6.45, 7) is 0.911. The molecule has 0 aliphatic rings. The zero-order valence-corrected chi connectivity index (χ0v) is 13.5. The van der Waals surface area contributed by atoms with Gasteiger partial charge >= 0.3 is 6.03 Å². The summed E-state index contributed by atoms with van der Waals surface area (Å²) in [5.41, 5.74) is 5.85. The fourth-order valence-electron chi connectivity index (χ4n) is 2.38. The van der Waals surface area contributed by atoms with Crippen LogP contribution in [0.2, 0.25) is 0 Å². The van der Waals surface area contributed by atoms with Gasteiger partial charge in [-0.15, -0.1) is 0 Å². The minimum Gasteiger partial charge on any atom is -0.492 e. The Hall–Kier alpha value is -2.86. The van der Waals surface area contributed by atoms with Gasteiger partial charge in [0.1, 0.15) is 18.4 Å². The van der Waals surface area contributed by atoms with Crippen molar-refractivity contribution in [1.29, 1.82) is 0 Å². The maximum absolute atomic E-state index is 12.3. The number of nitrogens with zero attached hydrogens (tertiary/aromatic N) is 1. The summed E-state index contributed by atoms with van der Waals surface area (Å²) in [5, 5.41) is 2.15. The van der Waals surface area contributed by atoms with Crippen molar-refractivity contribution < 1.29 is 14.3 Å². The predicted octanol–water partition coefficient (Wildman–Crippen LogP) is 1.93. The number of carbonyl (C=O) groups is 2. The molecule has 1 atom stereocenters. The minimum atomic E-state index is -0.866. The molecule has 0 spiro atoms. The molecular formula is C18H21N3O3. The van der Waals surface area contributed by atoms with Crippen LogP contribution in [0, 0.1) is 0 Å². The third-order valence-corrected chi connectivity index (χ3v) is 3.51. The van der Waals surface area contributed by atoms with E-state index in [9.17, 15) is 9.59 Å². The molecule has 0 aliphatic carbocycles. The van der Waals surface area contributed by atoms with Crippen LogP contribution in [0.15, 0.2) is 60.7 Å². The lowest BCUT2D eigenvalue weighted by atomic mass is 10.0. The number of carbonyl (C=O) groups excluding carboxylic acids is 2. The van der Waals surface area contributed by atoms with Crippen LogP contribution >= 0.6 is 0 Å². The number of hydrogen-bond acceptors (Lipinski definition) is 4. The van der Waals surface area contributed by atoms with Crippen molar-refractivity contribution in [2.75, 3.05) is 20.2 Å². The number of primary amides is 1. The summed E-state index contributed by atoms with van der Waals surface area (Å²) in [6.07, 6.45) is 0. The summed E-state index contributed by atoms with van der Waals surface area (Å²) in [7, 11) is 1.80. The molecule has 3 N–H and O–H groups in total. The zero-order valence-electron chi connectivity index (χ0n) is 13.5. The summed E-state index contributed by atoms with van der Waals surface area (Å²) < 4.78 is 5.66. The van der Waals surface area contributed by atoms with Gasteiger partial charge in [0, 0.05) is 6.54 Å². The molecule has 0 heterocycles. The molecule has 2 rings (SSSR count). The Morgan fingerprint density at radius 1 is 1.08 bits per heavy atom. The van der Waals surface area contributed by atoms with Crippen molar-refractivity contribution in [3.05, 3.63) is 66.2 Å². The van der Waals surface area contributed by atoms with Gasteiger partial charge in [-0.3, -0.25) is 15.0 Å². The molecule has 6 heteroatoms. The zero-order chi connectivity index (χ0) is 17.4. The van der Waals surface area contributed by atoms with E-state index in [1.54, 1.807) is 7.05 Å². The normalized spacial score (nSPS) is 11.8. The van der Waals surface area contributed by atoms with Gasteiger partial charge in [-0.05, 0) is 24.7 Å².